The van der Waals surface area contributed by atoms with Gasteiger partial charge in [0.25, 0.3) is 0 Å². The second kappa shape index (κ2) is 5.11. The van der Waals surface area contributed by atoms with Gasteiger partial charge in [0.1, 0.15) is 0 Å². The number of β-amino-alcohol motifs (C(OH)–C–C–N with tert-alkyl or cyclic N) is 1. The summed E-state index contributed by atoms with van der Waals surface area (Å²) in [6.45, 7) is 6.67. The van der Waals surface area contributed by atoms with Gasteiger partial charge in [0.2, 0.25) is 0 Å². The maximum atomic E-state index is 9.90. The third-order valence-corrected chi connectivity index (χ3v) is 2.25. The molecule has 0 aliphatic carbocycles. The Morgan fingerprint density at radius 3 is 2.31 bits per heavy atom. The summed E-state index contributed by atoms with van der Waals surface area (Å²) in [5, 5.41) is 21.8. The normalized spacial score (nSPS) is 13.2. The average Bonchev–Trinajstić information content (AvgIpc) is 2.25. The number of aliphatic hydroxyl groups excluding tert-OH is 1. The van der Waals surface area contributed by atoms with E-state index in [1.54, 1.807) is 24.3 Å². The summed E-state index contributed by atoms with van der Waals surface area (Å²) in [7, 11) is 0. The SMILES string of the molecule is CC(C)(C)NCC(O)c1ccc(C#N)cc1. The van der Waals surface area contributed by atoms with Crippen LogP contribution in [0.2, 0.25) is 0 Å². The van der Waals surface area contributed by atoms with Gasteiger partial charge in [-0.05, 0) is 38.5 Å². The molecule has 2 N–H and O–H groups in total. The lowest BCUT2D eigenvalue weighted by Crippen LogP contribution is -2.38. The van der Waals surface area contributed by atoms with Crippen molar-refractivity contribution in [1.82, 2.24) is 5.32 Å². The van der Waals surface area contributed by atoms with Gasteiger partial charge >= 0.3 is 0 Å². The van der Waals surface area contributed by atoms with Gasteiger partial charge in [0, 0.05) is 12.1 Å². The molecule has 1 aromatic rings. The van der Waals surface area contributed by atoms with Crippen LogP contribution in [0.4, 0.5) is 0 Å². The van der Waals surface area contributed by atoms with Crippen molar-refractivity contribution in [2.24, 2.45) is 0 Å². The van der Waals surface area contributed by atoms with Gasteiger partial charge in [-0.15, -0.1) is 0 Å². The lowest BCUT2D eigenvalue weighted by atomic mass is 10.1. The van der Waals surface area contributed by atoms with Crippen molar-refractivity contribution in [3.05, 3.63) is 35.4 Å². The fourth-order valence-electron chi connectivity index (χ4n) is 1.30. The number of nitrogens with zero attached hydrogens (tertiary/aromatic N) is 1. The predicted molar refractivity (Wildman–Crippen MR) is 63.9 cm³/mol. The van der Waals surface area contributed by atoms with E-state index in [9.17, 15) is 5.11 Å². The van der Waals surface area contributed by atoms with Crippen LogP contribution >= 0.6 is 0 Å². The number of nitrogens with one attached hydrogen (secondary N) is 1. The van der Waals surface area contributed by atoms with E-state index < -0.39 is 6.10 Å². The Kier molecular flexibility index (Phi) is 4.05. The maximum absolute atomic E-state index is 9.90. The van der Waals surface area contributed by atoms with Crippen molar-refractivity contribution in [2.45, 2.75) is 32.4 Å². The molecule has 0 aliphatic heterocycles. The highest BCUT2D eigenvalue weighted by molar-refractivity contribution is 5.32. The first-order valence-corrected chi connectivity index (χ1v) is 5.35. The minimum absolute atomic E-state index is 0.00637. The van der Waals surface area contributed by atoms with E-state index in [1.807, 2.05) is 0 Å². The molecule has 0 aliphatic rings. The van der Waals surface area contributed by atoms with Gasteiger partial charge < -0.3 is 10.4 Å². The van der Waals surface area contributed by atoms with E-state index in [4.69, 9.17) is 5.26 Å². The standard InChI is InChI=1S/C13H18N2O/c1-13(2,3)15-9-12(16)11-6-4-10(8-14)5-7-11/h4-7,12,15-16H,9H2,1-3H3. The topological polar surface area (TPSA) is 56.0 Å². The molecule has 1 rings (SSSR count). The van der Waals surface area contributed by atoms with Crippen molar-refractivity contribution in [3.63, 3.8) is 0 Å². The van der Waals surface area contributed by atoms with Gasteiger partial charge in [0.15, 0.2) is 0 Å². The highest BCUT2D eigenvalue weighted by Crippen LogP contribution is 2.13. The fourth-order valence-corrected chi connectivity index (χ4v) is 1.30. The van der Waals surface area contributed by atoms with Gasteiger partial charge in [-0.25, -0.2) is 0 Å². The third kappa shape index (κ3) is 4.01. The van der Waals surface area contributed by atoms with Crippen LogP contribution in [0.1, 0.15) is 38.0 Å². The molecule has 0 radical (unpaired) electrons. The molecule has 0 amide bonds. The number of aliphatic hydroxyl groups is 1. The Labute approximate surface area is 96.7 Å². The highest BCUT2D eigenvalue weighted by atomic mass is 16.3. The van der Waals surface area contributed by atoms with Crippen LogP contribution in [0.25, 0.3) is 0 Å². The molecule has 0 spiro atoms. The van der Waals surface area contributed by atoms with E-state index in [0.29, 0.717) is 12.1 Å². The van der Waals surface area contributed by atoms with E-state index >= 15 is 0 Å². The molecule has 0 saturated carbocycles. The second-order valence-corrected chi connectivity index (χ2v) is 4.88. The van der Waals surface area contributed by atoms with E-state index in [1.165, 1.54) is 0 Å². The number of hydrogen-bond acceptors (Lipinski definition) is 3. The van der Waals surface area contributed by atoms with E-state index in [0.717, 1.165) is 5.56 Å². The second-order valence-electron chi connectivity index (χ2n) is 4.88. The summed E-state index contributed by atoms with van der Waals surface area (Å²) in [6, 6.07) is 9.06. The van der Waals surface area contributed by atoms with Crippen molar-refractivity contribution < 1.29 is 5.11 Å². The van der Waals surface area contributed by atoms with Crippen molar-refractivity contribution in [3.8, 4) is 6.07 Å². The van der Waals surface area contributed by atoms with Crippen molar-refractivity contribution in [1.29, 1.82) is 5.26 Å². The minimum Gasteiger partial charge on any atom is -0.387 e. The predicted octanol–water partition coefficient (Wildman–Crippen LogP) is 1.98. The molecule has 1 atom stereocenters. The Morgan fingerprint density at radius 1 is 1.31 bits per heavy atom. The van der Waals surface area contributed by atoms with Crippen molar-refractivity contribution >= 4 is 0 Å². The number of nitriles is 1. The lowest BCUT2D eigenvalue weighted by Gasteiger charge is -2.23. The Balaban J connectivity index is 2.60. The number of benzene rings is 1. The van der Waals surface area contributed by atoms with Crippen LogP contribution in [-0.4, -0.2) is 17.2 Å². The smallest absolute Gasteiger partial charge is 0.0991 e. The van der Waals surface area contributed by atoms with Gasteiger partial charge in [-0.2, -0.15) is 5.26 Å². The van der Waals surface area contributed by atoms with Gasteiger partial charge in [-0.3, -0.25) is 0 Å². The van der Waals surface area contributed by atoms with Gasteiger partial charge in [0.05, 0.1) is 17.7 Å². The van der Waals surface area contributed by atoms with Crippen molar-refractivity contribution in [2.75, 3.05) is 6.54 Å². The molecular formula is C13H18N2O. The molecule has 0 bridgehead atoms. The summed E-state index contributed by atoms with van der Waals surface area (Å²) in [6.07, 6.45) is -0.535. The molecule has 1 aromatic carbocycles. The Hall–Kier alpha value is -1.37. The molecule has 3 nitrogen and oxygen atoms in total. The zero-order chi connectivity index (χ0) is 12.2. The zero-order valence-corrected chi connectivity index (χ0v) is 9.99. The largest absolute Gasteiger partial charge is 0.387 e. The summed E-state index contributed by atoms with van der Waals surface area (Å²) < 4.78 is 0. The van der Waals surface area contributed by atoms with E-state index in [2.05, 4.69) is 32.2 Å². The van der Waals surface area contributed by atoms with Crippen LogP contribution in [-0.2, 0) is 0 Å². The highest BCUT2D eigenvalue weighted by Gasteiger charge is 2.13. The first-order chi connectivity index (χ1) is 7.42. The minimum atomic E-state index is -0.535. The molecule has 0 saturated heterocycles. The molecule has 0 aromatic heterocycles. The summed E-state index contributed by atoms with van der Waals surface area (Å²) in [5.41, 5.74) is 1.43. The van der Waals surface area contributed by atoms with Crippen LogP contribution in [0.3, 0.4) is 0 Å². The first kappa shape index (κ1) is 12.7. The molecule has 1 unspecified atom stereocenters. The number of rotatable bonds is 3. The maximum Gasteiger partial charge on any atom is 0.0991 e. The number of hydrogen-bond donors (Lipinski definition) is 2. The van der Waals surface area contributed by atoms with Crippen LogP contribution in [0.15, 0.2) is 24.3 Å². The van der Waals surface area contributed by atoms with Crippen LogP contribution in [0, 0.1) is 11.3 Å². The summed E-state index contributed by atoms with van der Waals surface area (Å²) in [5.74, 6) is 0. The lowest BCUT2D eigenvalue weighted by molar-refractivity contribution is 0.163. The average molecular weight is 218 g/mol. The third-order valence-electron chi connectivity index (χ3n) is 2.25. The summed E-state index contributed by atoms with van der Waals surface area (Å²) in [4.78, 5) is 0. The molecular weight excluding hydrogens is 200 g/mol. The van der Waals surface area contributed by atoms with Crippen LogP contribution < -0.4 is 5.32 Å². The first-order valence-electron chi connectivity index (χ1n) is 5.35. The molecule has 0 heterocycles. The monoisotopic (exact) mass is 218 g/mol. The fraction of sp³-hybridized carbons (Fsp3) is 0.462. The zero-order valence-electron chi connectivity index (χ0n) is 9.99. The Bertz CT molecular complexity index is 370. The Morgan fingerprint density at radius 2 is 1.88 bits per heavy atom. The van der Waals surface area contributed by atoms with E-state index in [-0.39, 0.29) is 5.54 Å². The quantitative estimate of drug-likeness (QED) is 0.815. The van der Waals surface area contributed by atoms with Gasteiger partial charge in [-0.1, -0.05) is 12.1 Å². The molecule has 0 fully saturated rings. The molecule has 86 valence electrons. The molecule has 3 heteroatoms. The van der Waals surface area contributed by atoms with Crippen LogP contribution in [0.5, 0.6) is 0 Å². The molecule has 16 heavy (non-hydrogen) atoms. The summed E-state index contributed by atoms with van der Waals surface area (Å²) >= 11 is 0.